The van der Waals surface area contributed by atoms with Crippen LogP contribution in [0, 0.1) is 16.0 Å². The summed E-state index contributed by atoms with van der Waals surface area (Å²) in [6.07, 6.45) is -0.512. The maximum atomic E-state index is 12.7. The van der Waals surface area contributed by atoms with Gasteiger partial charge >= 0.3 is 12.0 Å². The Morgan fingerprint density at radius 3 is 2.46 bits per heavy atom. The van der Waals surface area contributed by atoms with Crippen molar-refractivity contribution in [2.45, 2.75) is 51.1 Å². The van der Waals surface area contributed by atoms with Gasteiger partial charge in [-0.05, 0) is 51.1 Å². The number of benzene rings is 1. The molecular weight excluding hydrogens is 491 g/mol. The smallest absolute Gasteiger partial charge is 0.405 e. The lowest BCUT2D eigenvalue weighted by Crippen LogP contribution is -2.49. The summed E-state index contributed by atoms with van der Waals surface area (Å²) in [6.45, 7) is 4.17. The second kappa shape index (κ2) is 11.5. The molecule has 1 aliphatic carbocycles. The third-order valence-electron chi connectivity index (χ3n) is 7.15. The van der Waals surface area contributed by atoms with E-state index >= 15 is 0 Å². The van der Waals surface area contributed by atoms with Crippen LogP contribution in [-0.4, -0.2) is 70.3 Å². The van der Waals surface area contributed by atoms with E-state index in [2.05, 4.69) is 36.9 Å². The van der Waals surface area contributed by atoms with Gasteiger partial charge < -0.3 is 20.7 Å². The van der Waals surface area contributed by atoms with Gasteiger partial charge in [0, 0.05) is 44.3 Å². The highest BCUT2D eigenvalue weighted by atomic mass is 19.4. The number of piperazine rings is 1. The van der Waals surface area contributed by atoms with Gasteiger partial charge in [-0.25, -0.2) is 4.98 Å². The monoisotopic (exact) mass is 523 g/mol. The minimum atomic E-state index is -4.83. The van der Waals surface area contributed by atoms with Gasteiger partial charge in [-0.3, -0.25) is 15.0 Å². The Balaban J connectivity index is 1.43. The van der Waals surface area contributed by atoms with Crippen LogP contribution in [-0.2, 0) is 13.0 Å². The number of likely N-dealkylation sites (N-methyl/N-ethyl adjacent to an activating group) is 1. The van der Waals surface area contributed by atoms with Crippen LogP contribution < -0.4 is 15.8 Å². The Morgan fingerprint density at radius 1 is 1.14 bits per heavy atom. The fraction of sp³-hybridized carbons (Fsp3) is 0.583. The molecule has 0 bridgehead atoms. The molecule has 0 unspecified atom stereocenters. The average Bonchev–Trinajstić information content (AvgIpc) is 2.83. The van der Waals surface area contributed by atoms with Crippen LogP contribution in [0.25, 0.3) is 0 Å². The highest BCUT2D eigenvalue weighted by molar-refractivity contribution is 5.58. The molecule has 4 rings (SSSR count). The number of para-hydroxylation sites is 1. The van der Waals surface area contributed by atoms with E-state index in [9.17, 15) is 23.3 Å². The van der Waals surface area contributed by atoms with Gasteiger partial charge in [-0.1, -0.05) is 18.2 Å². The molecule has 2 fully saturated rings. The number of nitrogen functional groups attached to an aromatic ring is 1. The fourth-order valence-electron chi connectivity index (χ4n) is 5.16. The van der Waals surface area contributed by atoms with Crippen LogP contribution in [0.3, 0.4) is 0 Å². The number of ether oxygens (including phenoxy) is 1. The van der Waals surface area contributed by atoms with Gasteiger partial charge in [0.25, 0.3) is 0 Å². The van der Waals surface area contributed by atoms with Crippen molar-refractivity contribution >= 4 is 17.5 Å². The number of nitrogens with two attached hydrogens (primary N) is 1. The number of alkyl halides is 3. The molecule has 0 radical (unpaired) electrons. The molecule has 202 valence electrons. The van der Waals surface area contributed by atoms with E-state index in [0.717, 1.165) is 51.9 Å². The second-order valence-electron chi connectivity index (χ2n) is 9.71. The molecule has 3 N–H and O–H groups in total. The number of rotatable bonds is 8. The van der Waals surface area contributed by atoms with Gasteiger partial charge in [0.15, 0.2) is 0 Å². The molecule has 0 spiro atoms. The molecule has 2 aliphatic rings. The average molecular weight is 524 g/mol. The lowest BCUT2D eigenvalue weighted by molar-refractivity contribution is -0.385. The van der Waals surface area contributed by atoms with Crippen molar-refractivity contribution in [3.63, 3.8) is 0 Å². The van der Waals surface area contributed by atoms with Crippen LogP contribution in [0.15, 0.2) is 24.3 Å². The van der Waals surface area contributed by atoms with Crippen LogP contribution in [0.5, 0.6) is 5.75 Å². The molecule has 1 saturated heterocycles. The zero-order valence-electron chi connectivity index (χ0n) is 20.7. The van der Waals surface area contributed by atoms with E-state index in [1.54, 1.807) is 6.07 Å². The summed E-state index contributed by atoms with van der Waals surface area (Å²) >= 11 is 0. The SMILES string of the molecule is CN1CCN(C2CCC(Cc3nc(NCc4ccccc4OC(F)(F)F)nc(N)c3[N+](=O)[O-])CC2)CC1. The molecule has 2 heterocycles. The number of nitrogens with one attached hydrogen (secondary N) is 1. The standard InChI is InChI=1S/C24H32F3N7O3/c1-32-10-12-33(13-11-32)18-8-6-16(7-9-18)14-19-21(34(35)36)22(28)31-23(30-19)29-15-17-4-2-3-5-20(17)37-24(25,26)27/h2-5,16,18H,6-15H2,1H3,(H3,28,29,30,31). The van der Waals surface area contributed by atoms with Crippen molar-refractivity contribution in [1.29, 1.82) is 0 Å². The Labute approximate surface area is 213 Å². The topological polar surface area (TPSA) is 123 Å². The molecular formula is C24H32F3N7O3. The molecule has 13 heteroatoms. The highest BCUT2D eigenvalue weighted by Gasteiger charge is 2.33. The zero-order valence-corrected chi connectivity index (χ0v) is 20.7. The summed E-state index contributed by atoms with van der Waals surface area (Å²) in [5.41, 5.74) is 6.08. The van der Waals surface area contributed by atoms with E-state index in [-0.39, 0.29) is 46.9 Å². The number of anilines is 2. The fourth-order valence-corrected chi connectivity index (χ4v) is 5.16. The summed E-state index contributed by atoms with van der Waals surface area (Å²) < 4.78 is 42.3. The maximum absolute atomic E-state index is 12.7. The molecule has 0 amide bonds. The summed E-state index contributed by atoms with van der Waals surface area (Å²) in [5.74, 6) is -0.380. The molecule has 1 aliphatic heterocycles. The quantitative estimate of drug-likeness (QED) is 0.393. The lowest BCUT2D eigenvalue weighted by atomic mass is 9.82. The van der Waals surface area contributed by atoms with Crippen molar-refractivity contribution in [2.24, 2.45) is 5.92 Å². The normalized spacial score (nSPS) is 21.5. The second-order valence-corrected chi connectivity index (χ2v) is 9.71. The lowest BCUT2D eigenvalue weighted by Gasteiger charge is -2.41. The highest BCUT2D eigenvalue weighted by Crippen LogP contribution is 2.34. The Bertz CT molecular complexity index is 1090. The van der Waals surface area contributed by atoms with Crippen LogP contribution >= 0.6 is 0 Å². The first-order valence-corrected chi connectivity index (χ1v) is 12.4. The minimum Gasteiger partial charge on any atom is -0.405 e. The Kier molecular flexibility index (Phi) is 8.32. The number of hydrogen-bond acceptors (Lipinski definition) is 9. The number of aromatic nitrogens is 2. The van der Waals surface area contributed by atoms with Crippen molar-refractivity contribution < 1.29 is 22.8 Å². The molecule has 1 aromatic carbocycles. The molecule has 37 heavy (non-hydrogen) atoms. The van der Waals surface area contributed by atoms with Gasteiger partial charge in [0.2, 0.25) is 11.8 Å². The van der Waals surface area contributed by atoms with E-state index < -0.39 is 11.3 Å². The zero-order chi connectivity index (χ0) is 26.6. The molecule has 0 atom stereocenters. The van der Waals surface area contributed by atoms with Gasteiger partial charge in [-0.2, -0.15) is 4.98 Å². The summed E-state index contributed by atoms with van der Waals surface area (Å²) in [5, 5.41) is 14.6. The van der Waals surface area contributed by atoms with Crippen molar-refractivity contribution in [2.75, 3.05) is 44.3 Å². The van der Waals surface area contributed by atoms with E-state index in [1.807, 2.05) is 0 Å². The van der Waals surface area contributed by atoms with Crippen molar-refractivity contribution in [3.05, 3.63) is 45.6 Å². The number of hydrogen-bond donors (Lipinski definition) is 2. The van der Waals surface area contributed by atoms with Gasteiger partial charge in [0.1, 0.15) is 11.4 Å². The summed E-state index contributed by atoms with van der Waals surface area (Å²) in [7, 11) is 2.13. The van der Waals surface area contributed by atoms with Crippen LogP contribution in [0.2, 0.25) is 0 Å². The predicted octanol–water partition coefficient (Wildman–Crippen LogP) is 3.83. The first-order chi connectivity index (χ1) is 17.6. The summed E-state index contributed by atoms with van der Waals surface area (Å²) in [4.78, 5) is 24.4. The number of nitrogens with zero attached hydrogens (tertiary/aromatic N) is 5. The molecule has 2 aromatic rings. The number of nitro groups is 1. The maximum Gasteiger partial charge on any atom is 0.573 e. The Morgan fingerprint density at radius 2 is 1.81 bits per heavy atom. The Hall–Kier alpha value is -3.19. The van der Waals surface area contributed by atoms with Gasteiger partial charge in [-0.15, -0.1) is 13.2 Å². The van der Waals surface area contributed by atoms with Crippen LogP contribution in [0.4, 0.5) is 30.6 Å². The third kappa shape index (κ3) is 7.19. The molecule has 1 saturated carbocycles. The minimum absolute atomic E-state index is 0.0195. The third-order valence-corrected chi connectivity index (χ3v) is 7.15. The van der Waals surface area contributed by atoms with Crippen molar-refractivity contribution in [3.8, 4) is 5.75 Å². The number of halogens is 3. The summed E-state index contributed by atoms with van der Waals surface area (Å²) in [6, 6.07) is 6.23. The van der Waals surface area contributed by atoms with Crippen molar-refractivity contribution in [1.82, 2.24) is 19.8 Å². The van der Waals surface area contributed by atoms with Gasteiger partial charge in [0.05, 0.1) is 4.92 Å². The van der Waals surface area contributed by atoms with E-state index in [1.165, 1.54) is 18.2 Å². The van der Waals surface area contributed by atoms with E-state index in [0.29, 0.717) is 12.5 Å². The van der Waals surface area contributed by atoms with E-state index in [4.69, 9.17) is 5.73 Å². The first-order valence-electron chi connectivity index (χ1n) is 12.4. The molecule has 1 aromatic heterocycles. The molecule has 10 nitrogen and oxygen atoms in total. The first kappa shape index (κ1) is 26.9. The van der Waals surface area contributed by atoms with Crippen LogP contribution in [0.1, 0.15) is 36.9 Å². The predicted molar refractivity (Wildman–Crippen MR) is 132 cm³/mol. The largest absolute Gasteiger partial charge is 0.573 e.